The van der Waals surface area contributed by atoms with Gasteiger partial charge >= 0.3 is 0 Å². The largest absolute Gasteiger partial charge is 0.376 e. The van der Waals surface area contributed by atoms with E-state index in [0.29, 0.717) is 6.10 Å². The van der Waals surface area contributed by atoms with Gasteiger partial charge in [-0.3, -0.25) is 0 Å². The van der Waals surface area contributed by atoms with Crippen molar-refractivity contribution in [1.82, 2.24) is 14.5 Å². The normalized spacial score (nSPS) is 21.3. The zero-order valence-electron chi connectivity index (χ0n) is 15.5. The highest BCUT2D eigenvalue weighted by atomic mass is 32.2. The fourth-order valence-electron chi connectivity index (χ4n) is 3.93. The highest BCUT2D eigenvalue weighted by Gasteiger charge is 2.21. The summed E-state index contributed by atoms with van der Waals surface area (Å²) >= 11 is 1.89. The van der Waals surface area contributed by atoms with E-state index in [9.17, 15) is 0 Å². The van der Waals surface area contributed by atoms with Gasteiger partial charge in [-0.25, -0.2) is 4.98 Å². The second kappa shape index (κ2) is 9.07. The molecule has 0 N–H and O–H groups in total. The number of nitrogens with zero attached hydrogens (tertiary/aromatic N) is 3. The second-order valence-corrected chi connectivity index (χ2v) is 8.35. The zero-order chi connectivity index (χ0) is 17.6. The van der Waals surface area contributed by atoms with Gasteiger partial charge in [-0.15, -0.1) is 0 Å². The molecule has 2 aromatic rings. The van der Waals surface area contributed by atoms with Crippen LogP contribution in [0.5, 0.6) is 0 Å². The second-order valence-electron chi connectivity index (χ2n) is 7.29. The SMILES string of the molecule is c1ccc(-c2cnc(SCCN3CCCCC3)n2C[C@H]2CCCO2)cc1. The molecule has 0 aliphatic carbocycles. The van der Waals surface area contributed by atoms with Crippen molar-refractivity contribution in [1.29, 1.82) is 0 Å². The monoisotopic (exact) mass is 371 g/mol. The maximum absolute atomic E-state index is 5.91. The van der Waals surface area contributed by atoms with Gasteiger partial charge < -0.3 is 14.2 Å². The minimum absolute atomic E-state index is 0.327. The lowest BCUT2D eigenvalue weighted by atomic mass is 10.1. The van der Waals surface area contributed by atoms with Crippen LogP contribution in [0, 0.1) is 0 Å². The number of hydrogen-bond acceptors (Lipinski definition) is 4. The summed E-state index contributed by atoms with van der Waals surface area (Å²) in [6, 6.07) is 10.6. The Morgan fingerprint density at radius 3 is 2.69 bits per heavy atom. The van der Waals surface area contributed by atoms with E-state index in [0.717, 1.165) is 37.0 Å². The number of rotatable bonds is 7. The van der Waals surface area contributed by atoms with E-state index in [2.05, 4.69) is 39.8 Å². The lowest BCUT2D eigenvalue weighted by molar-refractivity contribution is 0.0954. The first-order valence-corrected chi connectivity index (χ1v) is 11.0. The molecule has 0 bridgehead atoms. The van der Waals surface area contributed by atoms with Crippen LogP contribution in [0.4, 0.5) is 0 Å². The number of aromatic nitrogens is 2. The molecule has 0 unspecified atom stereocenters. The van der Waals surface area contributed by atoms with E-state index in [1.807, 2.05) is 18.0 Å². The summed E-state index contributed by atoms with van der Waals surface area (Å²) in [4.78, 5) is 7.37. The standard InChI is InChI=1S/C21H29N3OS/c1-3-8-18(9-4-1)20-16-22-21(24(20)17-19-10-7-14-25-19)26-15-13-23-11-5-2-6-12-23/h1,3-4,8-9,16,19H,2,5-7,10-15,17H2/t19-/m1/s1. The van der Waals surface area contributed by atoms with Crippen molar-refractivity contribution in [2.75, 3.05) is 32.0 Å². The molecular formula is C21H29N3OS. The van der Waals surface area contributed by atoms with E-state index in [1.54, 1.807) is 0 Å². The summed E-state index contributed by atoms with van der Waals surface area (Å²) in [5.41, 5.74) is 2.45. The van der Waals surface area contributed by atoms with E-state index in [-0.39, 0.29) is 0 Å². The molecule has 26 heavy (non-hydrogen) atoms. The van der Waals surface area contributed by atoms with Crippen molar-refractivity contribution in [2.45, 2.75) is 49.9 Å². The molecule has 0 amide bonds. The molecule has 0 spiro atoms. The van der Waals surface area contributed by atoms with Gasteiger partial charge in [0.05, 0.1) is 24.5 Å². The average molecular weight is 372 g/mol. The fourth-order valence-corrected chi connectivity index (χ4v) is 4.92. The lowest BCUT2D eigenvalue weighted by Crippen LogP contribution is -2.31. The van der Waals surface area contributed by atoms with Crippen molar-refractivity contribution in [3.8, 4) is 11.3 Å². The van der Waals surface area contributed by atoms with Crippen LogP contribution in [0.25, 0.3) is 11.3 Å². The molecule has 2 aliphatic heterocycles. The Balaban J connectivity index is 1.46. The molecular weight excluding hydrogens is 342 g/mol. The Morgan fingerprint density at radius 2 is 1.92 bits per heavy atom. The van der Waals surface area contributed by atoms with Crippen LogP contribution in [0.15, 0.2) is 41.7 Å². The van der Waals surface area contributed by atoms with Crippen LogP contribution in [-0.4, -0.2) is 52.5 Å². The van der Waals surface area contributed by atoms with Crippen LogP contribution < -0.4 is 0 Å². The van der Waals surface area contributed by atoms with E-state index >= 15 is 0 Å². The van der Waals surface area contributed by atoms with Gasteiger partial charge in [0.2, 0.25) is 0 Å². The van der Waals surface area contributed by atoms with Crippen molar-refractivity contribution in [3.63, 3.8) is 0 Å². The third kappa shape index (κ3) is 4.51. The topological polar surface area (TPSA) is 30.3 Å². The van der Waals surface area contributed by atoms with Gasteiger partial charge in [-0.05, 0) is 44.3 Å². The van der Waals surface area contributed by atoms with Crippen molar-refractivity contribution in [2.24, 2.45) is 0 Å². The number of ether oxygens (including phenoxy) is 1. The van der Waals surface area contributed by atoms with Crippen molar-refractivity contribution in [3.05, 3.63) is 36.5 Å². The predicted molar refractivity (Wildman–Crippen MR) is 108 cm³/mol. The molecule has 4 rings (SSSR count). The quantitative estimate of drug-likeness (QED) is 0.679. The van der Waals surface area contributed by atoms with Gasteiger partial charge in [-0.1, -0.05) is 48.5 Å². The molecule has 2 aliphatic rings. The Hall–Kier alpha value is -1.30. The number of hydrogen-bond donors (Lipinski definition) is 0. The molecule has 5 heteroatoms. The molecule has 1 aromatic heterocycles. The minimum Gasteiger partial charge on any atom is -0.376 e. The summed E-state index contributed by atoms with van der Waals surface area (Å²) in [5, 5.41) is 1.14. The molecule has 1 aromatic carbocycles. The van der Waals surface area contributed by atoms with Crippen molar-refractivity contribution < 1.29 is 4.74 Å². The first-order chi connectivity index (χ1) is 12.9. The Morgan fingerprint density at radius 1 is 1.08 bits per heavy atom. The third-order valence-corrected chi connectivity index (χ3v) is 6.36. The van der Waals surface area contributed by atoms with Crippen LogP contribution in [0.2, 0.25) is 0 Å². The molecule has 0 radical (unpaired) electrons. The number of likely N-dealkylation sites (tertiary alicyclic amines) is 1. The van der Waals surface area contributed by atoms with Crippen LogP contribution >= 0.6 is 11.8 Å². The maximum atomic E-state index is 5.91. The summed E-state index contributed by atoms with van der Waals surface area (Å²) in [5.74, 6) is 1.11. The van der Waals surface area contributed by atoms with Crippen LogP contribution in [0.3, 0.4) is 0 Å². The molecule has 2 saturated heterocycles. The highest BCUT2D eigenvalue weighted by molar-refractivity contribution is 7.99. The molecule has 0 saturated carbocycles. The Kier molecular flexibility index (Phi) is 6.31. The summed E-state index contributed by atoms with van der Waals surface area (Å²) in [7, 11) is 0. The first-order valence-electron chi connectivity index (χ1n) is 9.98. The molecule has 1 atom stereocenters. The highest BCUT2D eigenvalue weighted by Crippen LogP contribution is 2.28. The van der Waals surface area contributed by atoms with Gasteiger partial charge in [0.25, 0.3) is 0 Å². The van der Waals surface area contributed by atoms with E-state index < -0.39 is 0 Å². The zero-order valence-corrected chi connectivity index (χ0v) is 16.3. The van der Waals surface area contributed by atoms with Crippen LogP contribution in [-0.2, 0) is 11.3 Å². The predicted octanol–water partition coefficient (Wildman–Crippen LogP) is 4.31. The van der Waals surface area contributed by atoms with Gasteiger partial charge in [-0.2, -0.15) is 0 Å². The fraction of sp³-hybridized carbons (Fsp3) is 0.571. The number of thioether (sulfide) groups is 1. The summed E-state index contributed by atoms with van der Waals surface area (Å²) < 4.78 is 8.29. The molecule has 140 valence electrons. The van der Waals surface area contributed by atoms with E-state index in [4.69, 9.17) is 9.72 Å². The number of piperidine rings is 1. The van der Waals surface area contributed by atoms with Gasteiger partial charge in [0.1, 0.15) is 0 Å². The average Bonchev–Trinajstić information content (AvgIpc) is 3.34. The molecule has 3 heterocycles. The maximum Gasteiger partial charge on any atom is 0.168 e. The smallest absolute Gasteiger partial charge is 0.168 e. The molecule has 4 nitrogen and oxygen atoms in total. The van der Waals surface area contributed by atoms with Crippen LogP contribution in [0.1, 0.15) is 32.1 Å². The summed E-state index contributed by atoms with van der Waals surface area (Å²) in [6.45, 7) is 5.51. The van der Waals surface area contributed by atoms with Crippen molar-refractivity contribution >= 4 is 11.8 Å². The minimum atomic E-state index is 0.327. The lowest BCUT2D eigenvalue weighted by Gasteiger charge is -2.26. The first kappa shape index (κ1) is 18.1. The number of imidazole rings is 1. The number of benzene rings is 1. The Labute approximate surface area is 160 Å². The van der Waals surface area contributed by atoms with Gasteiger partial charge in [0.15, 0.2) is 5.16 Å². The summed E-state index contributed by atoms with van der Waals surface area (Å²) in [6.07, 6.45) is 8.81. The molecule has 2 fully saturated rings. The van der Waals surface area contributed by atoms with E-state index in [1.165, 1.54) is 50.0 Å². The van der Waals surface area contributed by atoms with Gasteiger partial charge in [0, 0.05) is 18.9 Å². The Bertz CT molecular complexity index is 676. The third-order valence-electron chi connectivity index (χ3n) is 5.39.